The fourth-order valence-corrected chi connectivity index (χ4v) is 3.97. The number of carbonyl (C=O) groups is 2. The van der Waals surface area contributed by atoms with Crippen molar-refractivity contribution in [2.75, 3.05) is 10.6 Å². The number of fused-ring (bicyclic) bond motifs is 1. The molecule has 0 atom stereocenters. The van der Waals surface area contributed by atoms with E-state index in [-0.39, 0.29) is 11.8 Å². The van der Waals surface area contributed by atoms with Gasteiger partial charge in [-0.15, -0.1) is 0 Å². The van der Waals surface area contributed by atoms with Crippen molar-refractivity contribution < 1.29 is 14.6 Å². The van der Waals surface area contributed by atoms with E-state index in [4.69, 9.17) is 0 Å². The molecule has 35 heavy (non-hydrogen) atoms. The van der Waals surface area contributed by atoms with Crippen LogP contribution in [-0.2, 0) is 22.4 Å². The third-order valence-corrected chi connectivity index (χ3v) is 5.70. The molecule has 2 amide bonds. The Labute approximate surface area is 203 Å². The SMILES string of the molecule is O=C(Cc1ccccc1)Nc1ccc(-c2[nH]c3cc(NC(=O)Cc4ccccc4)ccc3[nH+]2)cc1. The van der Waals surface area contributed by atoms with Crippen molar-refractivity contribution in [3.05, 3.63) is 114 Å². The molecular formula is C29H25N4O2+. The summed E-state index contributed by atoms with van der Waals surface area (Å²) in [5.74, 6) is 0.731. The third kappa shape index (κ3) is 5.62. The number of carbonyl (C=O) groups excluding carboxylic acids is 2. The van der Waals surface area contributed by atoms with Crippen LogP contribution in [0.15, 0.2) is 103 Å². The highest BCUT2D eigenvalue weighted by Crippen LogP contribution is 2.22. The topological polar surface area (TPSA) is 88.1 Å². The minimum Gasteiger partial charge on any atom is -0.326 e. The van der Waals surface area contributed by atoms with E-state index in [9.17, 15) is 9.59 Å². The van der Waals surface area contributed by atoms with Crippen LogP contribution < -0.4 is 15.6 Å². The lowest BCUT2D eigenvalue weighted by atomic mass is 10.1. The maximum atomic E-state index is 12.4. The molecule has 0 aliphatic rings. The van der Waals surface area contributed by atoms with E-state index < -0.39 is 0 Å². The van der Waals surface area contributed by atoms with Crippen LogP contribution in [0.3, 0.4) is 0 Å². The number of hydrogen-bond donors (Lipinski definition) is 3. The zero-order valence-corrected chi connectivity index (χ0v) is 19.0. The summed E-state index contributed by atoms with van der Waals surface area (Å²) in [6.07, 6.45) is 0.665. The highest BCUT2D eigenvalue weighted by molar-refractivity contribution is 5.94. The fourth-order valence-electron chi connectivity index (χ4n) is 3.97. The second-order valence-corrected chi connectivity index (χ2v) is 8.38. The monoisotopic (exact) mass is 461 g/mol. The summed E-state index contributed by atoms with van der Waals surface area (Å²) >= 11 is 0. The minimum atomic E-state index is -0.0591. The van der Waals surface area contributed by atoms with Crippen molar-refractivity contribution in [1.82, 2.24) is 4.98 Å². The number of H-pyrrole nitrogens is 2. The Morgan fingerprint density at radius 1 is 0.657 bits per heavy atom. The van der Waals surface area contributed by atoms with Crippen LogP contribution in [-0.4, -0.2) is 16.8 Å². The molecule has 5 rings (SSSR count). The maximum Gasteiger partial charge on any atom is 0.285 e. The fraction of sp³-hybridized carbons (Fsp3) is 0.0690. The number of aromatic amines is 2. The van der Waals surface area contributed by atoms with Gasteiger partial charge in [0.1, 0.15) is 0 Å². The van der Waals surface area contributed by atoms with E-state index in [1.165, 1.54) is 0 Å². The van der Waals surface area contributed by atoms with Gasteiger partial charge < -0.3 is 10.6 Å². The van der Waals surface area contributed by atoms with Gasteiger partial charge >= 0.3 is 0 Å². The van der Waals surface area contributed by atoms with Crippen LogP contribution in [0.5, 0.6) is 0 Å². The molecule has 1 aromatic heterocycles. The number of amides is 2. The predicted octanol–water partition coefficient (Wildman–Crippen LogP) is 5.01. The standard InChI is InChI=1S/C29H24N4O2/c34-27(17-20-7-3-1-4-8-20)30-23-13-11-22(12-14-23)29-32-25-16-15-24(19-26(25)33-29)31-28(35)18-21-9-5-2-6-10-21/h1-16,19H,17-18H2,(H,30,34)(H,31,35)(H,32,33)/p+1. The Morgan fingerprint density at radius 2 is 1.20 bits per heavy atom. The van der Waals surface area contributed by atoms with Gasteiger partial charge in [0.15, 0.2) is 11.0 Å². The number of anilines is 2. The maximum absolute atomic E-state index is 12.4. The van der Waals surface area contributed by atoms with Crippen molar-refractivity contribution in [2.24, 2.45) is 0 Å². The van der Waals surface area contributed by atoms with Gasteiger partial charge in [-0.2, -0.15) is 0 Å². The molecule has 4 aromatic carbocycles. The molecule has 0 spiro atoms. The van der Waals surface area contributed by atoms with Crippen molar-refractivity contribution in [3.8, 4) is 11.4 Å². The molecule has 5 aromatic rings. The molecule has 0 saturated heterocycles. The first-order chi connectivity index (χ1) is 17.1. The summed E-state index contributed by atoms with van der Waals surface area (Å²) < 4.78 is 0. The molecular weight excluding hydrogens is 436 g/mol. The summed E-state index contributed by atoms with van der Waals surface area (Å²) in [4.78, 5) is 31.5. The molecule has 0 saturated carbocycles. The first kappa shape index (κ1) is 22.1. The summed E-state index contributed by atoms with van der Waals surface area (Å²) in [6.45, 7) is 0. The Bertz CT molecular complexity index is 1460. The van der Waals surface area contributed by atoms with Crippen LogP contribution >= 0.6 is 0 Å². The number of hydrogen-bond acceptors (Lipinski definition) is 2. The van der Waals surface area contributed by atoms with E-state index in [2.05, 4.69) is 20.6 Å². The minimum absolute atomic E-state index is 0.0528. The highest BCUT2D eigenvalue weighted by atomic mass is 16.2. The lowest BCUT2D eigenvalue weighted by Gasteiger charge is -2.05. The molecule has 6 nitrogen and oxygen atoms in total. The smallest absolute Gasteiger partial charge is 0.285 e. The van der Waals surface area contributed by atoms with Gasteiger partial charge in [0, 0.05) is 17.4 Å². The lowest BCUT2D eigenvalue weighted by molar-refractivity contribution is -0.330. The Morgan fingerprint density at radius 3 is 1.80 bits per heavy atom. The molecule has 4 N–H and O–H groups in total. The highest BCUT2D eigenvalue weighted by Gasteiger charge is 2.14. The third-order valence-electron chi connectivity index (χ3n) is 5.70. The number of rotatable bonds is 7. The lowest BCUT2D eigenvalue weighted by Crippen LogP contribution is -2.14. The molecule has 0 fully saturated rings. The molecule has 172 valence electrons. The molecule has 0 unspecified atom stereocenters. The van der Waals surface area contributed by atoms with Crippen LogP contribution in [0.4, 0.5) is 11.4 Å². The largest absolute Gasteiger partial charge is 0.326 e. The van der Waals surface area contributed by atoms with Gasteiger partial charge in [-0.1, -0.05) is 60.7 Å². The second-order valence-electron chi connectivity index (χ2n) is 8.38. The number of aromatic nitrogens is 2. The quantitative estimate of drug-likeness (QED) is 0.318. The van der Waals surface area contributed by atoms with Gasteiger partial charge in [-0.05, 0) is 47.5 Å². The van der Waals surface area contributed by atoms with E-state index in [1.807, 2.05) is 103 Å². The van der Waals surface area contributed by atoms with E-state index in [0.29, 0.717) is 12.8 Å². The molecule has 0 bridgehead atoms. The van der Waals surface area contributed by atoms with Crippen molar-refractivity contribution in [1.29, 1.82) is 0 Å². The zero-order chi connectivity index (χ0) is 24.0. The Balaban J connectivity index is 1.24. The van der Waals surface area contributed by atoms with E-state index in [0.717, 1.165) is 44.9 Å². The van der Waals surface area contributed by atoms with Gasteiger partial charge in [0.05, 0.1) is 18.4 Å². The normalized spacial score (nSPS) is 10.7. The Kier molecular flexibility index (Phi) is 6.35. The second kappa shape index (κ2) is 10.1. The van der Waals surface area contributed by atoms with Gasteiger partial charge in [-0.3, -0.25) is 9.59 Å². The average Bonchev–Trinajstić information content (AvgIpc) is 3.29. The molecule has 0 aliphatic carbocycles. The van der Waals surface area contributed by atoms with Crippen LogP contribution in [0.25, 0.3) is 22.4 Å². The molecule has 0 radical (unpaired) electrons. The first-order valence-electron chi connectivity index (χ1n) is 11.5. The number of nitrogens with one attached hydrogen (secondary N) is 4. The first-order valence-corrected chi connectivity index (χ1v) is 11.5. The van der Waals surface area contributed by atoms with Crippen LogP contribution in [0, 0.1) is 0 Å². The van der Waals surface area contributed by atoms with Crippen LogP contribution in [0.1, 0.15) is 11.1 Å². The number of benzene rings is 4. The summed E-state index contributed by atoms with van der Waals surface area (Å²) in [7, 11) is 0. The summed E-state index contributed by atoms with van der Waals surface area (Å²) in [5.41, 5.74) is 6.20. The average molecular weight is 462 g/mol. The van der Waals surface area contributed by atoms with Crippen molar-refractivity contribution >= 4 is 34.2 Å². The van der Waals surface area contributed by atoms with Crippen molar-refractivity contribution in [2.45, 2.75) is 12.8 Å². The van der Waals surface area contributed by atoms with Crippen LogP contribution in [0.2, 0.25) is 0 Å². The summed E-state index contributed by atoms with van der Waals surface area (Å²) in [6, 6.07) is 32.7. The van der Waals surface area contributed by atoms with Gasteiger partial charge in [0.25, 0.3) is 5.82 Å². The molecule has 6 heteroatoms. The molecule has 0 aliphatic heterocycles. The van der Waals surface area contributed by atoms with Crippen molar-refractivity contribution in [3.63, 3.8) is 0 Å². The van der Waals surface area contributed by atoms with Gasteiger partial charge in [-0.25, -0.2) is 9.97 Å². The zero-order valence-electron chi connectivity index (χ0n) is 19.0. The van der Waals surface area contributed by atoms with E-state index in [1.54, 1.807) is 0 Å². The number of imidazole rings is 1. The Hall–Kier alpha value is -4.71. The van der Waals surface area contributed by atoms with Gasteiger partial charge in [0.2, 0.25) is 11.8 Å². The molecule has 1 heterocycles. The van der Waals surface area contributed by atoms with E-state index >= 15 is 0 Å². The predicted molar refractivity (Wildman–Crippen MR) is 138 cm³/mol. The summed E-state index contributed by atoms with van der Waals surface area (Å²) in [5, 5.41) is 5.90.